The summed E-state index contributed by atoms with van der Waals surface area (Å²) in [6.45, 7) is 7.35. The average Bonchev–Trinajstić information content (AvgIpc) is 2.90. The van der Waals surface area contributed by atoms with E-state index in [1.807, 2.05) is 6.20 Å². The van der Waals surface area contributed by atoms with Crippen LogP contribution in [0.2, 0.25) is 0 Å². The van der Waals surface area contributed by atoms with E-state index < -0.39 is 0 Å². The Hall–Kier alpha value is -1.65. The lowest BCUT2D eigenvalue weighted by molar-refractivity contribution is 0.160. The van der Waals surface area contributed by atoms with Crippen LogP contribution in [-0.4, -0.2) is 40.1 Å². The third-order valence-electron chi connectivity index (χ3n) is 3.98. The Kier molecular flexibility index (Phi) is 4.14. The van der Waals surface area contributed by atoms with E-state index in [0.717, 1.165) is 38.5 Å². The van der Waals surface area contributed by atoms with Crippen molar-refractivity contribution in [1.82, 2.24) is 19.8 Å². The van der Waals surface area contributed by atoms with Crippen LogP contribution in [0.5, 0.6) is 0 Å². The molecule has 0 saturated carbocycles. The summed E-state index contributed by atoms with van der Waals surface area (Å²) in [4.78, 5) is 7.04. The highest BCUT2D eigenvalue weighted by molar-refractivity contribution is 5.15. The number of piperazine rings is 1. The smallest absolute Gasteiger partial charge is 0.123 e. The zero-order chi connectivity index (χ0) is 13.8. The minimum Gasteiger partial charge on any atom is -0.329 e. The molecule has 0 spiro atoms. The molecule has 4 heteroatoms. The van der Waals surface area contributed by atoms with Gasteiger partial charge in [-0.2, -0.15) is 0 Å². The number of hydrogen-bond donors (Lipinski definition) is 1. The van der Waals surface area contributed by atoms with Crippen LogP contribution in [0.25, 0.3) is 0 Å². The Labute approximate surface area is 120 Å². The second-order valence-electron chi connectivity index (χ2n) is 5.48. The van der Waals surface area contributed by atoms with Gasteiger partial charge in [-0.3, -0.25) is 4.90 Å². The summed E-state index contributed by atoms with van der Waals surface area (Å²) in [5.41, 5.74) is 1.32. The van der Waals surface area contributed by atoms with Gasteiger partial charge in [-0.05, 0) is 12.5 Å². The van der Waals surface area contributed by atoms with E-state index in [1.165, 1.54) is 5.56 Å². The summed E-state index contributed by atoms with van der Waals surface area (Å²) in [7, 11) is 0. The number of rotatable bonds is 4. The molecule has 2 aromatic rings. The minimum atomic E-state index is 0.575. The standard InChI is InChI=1S/C16H22N4/c1-14-11-17-7-9-19(14)13-16-18-8-10-20(16)12-15-5-3-2-4-6-15/h2-6,8,10,14,17H,7,9,11-13H2,1H3/t14-/m1/s1. The largest absolute Gasteiger partial charge is 0.329 e. The minimum absolute atomic E-state index is 0.575. The maximum absolute atomic E-state index is 4.54. The summed E-state index contributed by atoms with van der Waals surface area (Å²) >= 11 is 0. The van der Waals surface area contributed by atoms with Gasteiger partial charge in [-0.25, -0.2) is 4.98 Å². The lowest BCUT2D eigenvalue weighted by Crippen LogP contribution is -2.49. The van der Waals surface area contributed by atoms with Crippen molar-refractivity contribution in [2.24, 2.45) is 0 Å². The molecular weight excluding hydrogens is 248 g/mol. The predicted octanol–water partition coefficient (Wildman–Crippen LogP) is 1.73. The highest BCUT2D eigenvalue weighted by Crippen LogP contribution is 2.11. The van der Waals surface area contributed by atoms with Gasteiger partial charge in [-0.15, -0.1) is 0 Å². The second kappa shape index (κ2) is 6.20. The molecule has 0 radical (unpaired) electrons. The van der Waals surface area contributed by atoms with Crippen LogP contribution < -0.4 is 5.32 Å². The van der Waals surface area contributed by atoms with E-state index in [-0.39, 0.29) is 0 Å². The van der Waals surface area contributed by atoms with Crippen molar-refractivity contribution < 1.29 is 0 Å². The third-order valence-corrected chi connectivity index (χ3v) is 3.98. The van der Waals surface area contributed by atoms with E-state index in [4.69, 9.17) is 0 Å². The Morgan fingerprint density at radius 2 is 2.10 bits per heavy atom. The average molecular weight is 270 g/mol. The van der Waals surface area contributed by atoms with Gasteiger partial charge in [0.2, 0.25) is 0 Å². The highest BCUT2D eigenvalue weighted by atomic mass is 15.2. The molecule has 0 unspecified atom stereocenters. The van der Waals surface area contributed by atoms with E-state index >= 15 is 0 Å². The number of nitrogens with one attached hydrogen (secondary N) is 1. The highest BCUT2D eigenvalue weighted by Gasteiger charge is 2.19. The maximum atomic E-state index is 4.54. The molecule has 2 heterocycles. The van der Waals surface area contributed by atoms with Gasteiger partial charge in [0, 0.05) is 44.6 Å². The van der Waals surface area contributed by atoms with E-state index in [1.54, 1.807) is 0 Å². The van der Waals surface area contributed by atoms with Crippen molar-refractivity contribution in [3.63, 3.8) is 0 Å². The monoisotopic (exact) mass is 270 g/mol. The van der Waals surface area contributed by atoms with Gasteiger partial charge in [0.05, 0.1) is 6.54 Å². The SMILES string of the molecule is C[C@@H]1CNCCN1Cc1nccn1Cc1ccccc1. The number of hydrogen-bond acceptors (Lipinski definition) is 3. The molecule has 1 aromatic carbocycles. The molecular formula is C16H22N4. The molecule has 1 aliphatic heterocycles. The Balaban J connectivity index is 1.70. The van der Waals surface area contributed by atoms with Gasteiger partial charge in [0.15, 0.2) is 0 Å². The third kappa shape index (κ3) is 3.08. The van der Waals surface area contributed by atoms with Crippen molar-refractivity contribution in [2.45, 2.75) is 26.1 Å². The van der Waals surface area contributed by atoms with Crippen LogP contribution in [0, 0.1) is 0 Å². The molecule has 3 rings (SSSR count). The van der Waals surface area contributed by atoms with Crippen LogP contribution >= 0.6 is 0 Å². The summed E-state index contributed by atoms with van der Waals surface area (Å²) in [5.74, 6) is 1.16. The van der Waals surface area contributed by atoms with Crippen LogP contribution in [0.15, 0.2) is 42.7 Å². The van der Waals surface area contributed by atoms with Crippen molar-refractivity contribution in [2.75, 3.05) is 19.6 Å². The van der Waals surface area contributed by atoms with Crippen LogP contribution in [0.1, 0.15) is 18.3 Å². The summed E-state index contributed by atoms with van der Waals surface area (Å²) < 4.78 is 2.25. The normalized spacial score (nSPS) is 20.1. The van der Waals surface area contributed by atoms with Crippen molar-refractivity contribution in [3.05, 3.63) is 54.1 Å². The molecule has 4 nitrogen and oxygen atoms in total. The molecule has 106 valence electrons. The molecule has 20 heavy (non-hydrogen) atoms. The molecule has 0 amide bonds. The van der Waals surface area contributed by atoms with Gasteiger partial charge < -0.3 is 9.88 Å². The lowest BCUT2D eigenvalue weighted by atomic mass is 10.2. The first-order valence-corrected chi connectivity index (χ1v) is 7.31. The van der Waals surface area contributed by atoms with Gasteiger partial charge >= 0.3 is 0 Å². The van der Waals surface area contributed by atoms with Crippen LogP contribution in [0.4, 0.5) is 0 Å². The zero-order valence-corrected chi connectivity index (χ0v) is 12.0. The Morgan fingerprint density at radius 1 is 1.25 bits per heavy atom. The number of imidazole rings is 1. The number of benzene rings is 1. The Bertz CT molecular complexity index is 534. The summed E-state index contributed by atoms with van der Waals surface area (Å²) in [5, 5.41) is 3.43. The van der Waals surface area contributed by atoms with Crippen molar-refractivity contribution in [1.29, 1.82) is 0 Å². The molecule has 1 saturated heterocycles. The molecule has 1 aromatic heterocycles. The quantitative estimate of drug-likeness (QED) is 0.918. The number of nitrogens with zero attached hydrogens (tertiary/aromatic N) is 3. The van der Waals surface area contributed by atoms with Gasteiger partial charge in [0.1, 0.15) is 5.82 Å². The Morgan fingerprint density at radius 3 is 2.90 bits per heavy atom. The van der Waals surface area contributed by atoms with Gasteiger partial charge in [-0.1, -0.05) is 30.3 Å². The predicted molar refractivity (Wildman–Crippen MR) is 80.5 cm³/mol. The van der Waals surface area contributed by atoms with Crippen molar-refractivity contribution in [3.8, 4) is 0 Å². The topological polar surface area (TPSA) is 33.1 Å². The lowest BCUT2D eigenvalue weighted by Gasteiger charge is -2.33. The molecule has 0 bridgehead atoms. The van der Waals surface area contributed by atoms with Crippen LogP contribution in [0.3, 0.4) is 0 Å². The van der Waals surface area contributed by atoms with Gasteiger partial charge in [0.25, 0.3) is 0 Å². The fraction of sp³-hybridized carbons (Fsp3) is 0.438. The fourth-order valence-electron chi connectivity index (χ4n) is 2.72. The van der Waals surface area contributed by atoms with Crippen LogP contribution in [-0.2, 0) is 13.1 Å². The first kappa shape index (κ1) is 13.3. The molecule has 1 atom stereocenters. The first-order chi connectivity index (χ1) is 9.83. The maximum Gasteiger partial charge on any atom is 0.123 e. The van der Waals surface area contributed by atoms with E-state index in [0.29, 0.717) is 6.04 Å². The fourth-order valence-corrected chi connectivity index (χ4v) is 2.72. The molecule has 1 N–H and O–H groups in total. The van der Waals surface area contributed by atoms with Crippen molar-refractivity contribution >= 4 is 0 Å². The second-order valence-corrected chi connectivity index (χ2v) is 5.48. The summed E-state index contributed by atoms with van der Waals surface area (Å²) in [6.07, 6.45) is 3.99. The molecule has 1 aliphatic rings. The first-order valence-electron chi connectivity index (χ1n) is 7.31. The molecule has 1 fully saturated rings. The molecule has 0 aliphatic carbocycles. The number of aromatic nitrogens is 2. The van der Waals surface area contributed by atoms with E-state index in [9.17, 15) is 0 Å². The zero-order valence-electron chi connectivity index (χ0n) is 12.0. The van der Waals surface area contributed by atoms with E-state index in [2.05, 4.69) is 63.2 Å². The summed E-state index contributed by atoms with van der Waals surface area (Å²) in [6, 6.07) is 11.1.